The molecule has 1 saturated carbocycles. The van der Waals surface area contributed by atoms with E-state index in [1.807, 2.05) is 19.1 Å². The third-order valence-electron chi connectivity index (χ3n) is 11.5. The Balaban J connectivity index is 1.50. The summed E-state index contributed by atoms with van der Waals surface area (Å²) in [4.78, 5) is 27.6. The normalized spacial score (nSPS) is 23.9. The van der Waals surface area contributed by atoms with Crippen LogP contribution in [0.4, 0.5) is 0 Å². The molecule has 1 fully saturated rings. The third kappa shape index (κ3) is 8.49. The zero-order chi connectivity index (χ0) is 36.2. The monoisotopic (exact) mass is 684 g/mol. The van der Waals surface area contributed by atoms with Gasteiger partial charge in [-0.2, -0.15) is 0 Å². The molecule has 0 aromatic heterocycles. The summed E-state index contributed by atoms with van der Waals surface area (Å²) in [5, 5.41) is 11.5. The number of fused-ring (bicyclic) bond motifs is 3. The average molecular weight is 685 g/mol. The summed E-state index contributed by atoms with van der Waals surface area (Å²) in [6, 6.07) is 7.67. The highest BCUT2D eigenvalue weighted by molar-refractivity contribution is 6.31. The second-order valence-corrected chi connectivity index (χ2v) is 16.1. The van der Waals surface area contributed by atoms with Crippen LogP contribution in [-0.2, 0) is 22.4 Å². The van der Waals surface area contributed by atoms with Crippen LogP contribution in [0.1, 0.15) is 153 Å². The summed E-state index contributed by atoms with van der Waals surface area (Å²) in [6.45, 7) is 19.3. The summed E-state index contributed by atoms with van der Waals surface area (Å²) in [5.41, 5.74) is 5.17. The molecule has 0 radical (unpaired) electrons. The largest absolute Gasteiger partial charge is 0.507 e. The number of ether oxygens (including phenoxy) is 3. The van der Waals surface area contributed by atoms with Crippen LogP contribution in [0, 0.1) is 17.8 Å². The van der Waals surface area contributed by atoms with Crippen molar-refractivity contribution in [2.45, 2.75) is 149 Å². The minimum absolute atomic E-state index is 0.0667. The highest BCUT2D eigenvalue weighted by atomic mass is 16.6. The number of aryl methyl sites for hydroxylation is 2. The number of phenols is 1. The second-order valence-electron chi connectivity index (χ2n) is 16.1. The Labute approximate surface area is 300 Å². The van der Waals surface area contributed by atoms with Crippen LogP contribution in [-0.4, -0.2) is 22.6 Å². The fraction of sp³-hybridized carbons (Fsp3) is 0.591. The lowest BCUT2D eigenvalue weighted by Gasteiger charge is -2.49. The number of phenolic OH excluding ortho intramolecular Hbond substituents is 1. The summed E-state index contributed by atoms with van der Waals surface area (Å²) in [7, 11) is 0. The fourth-order valence-electron chi connectivity index (χ4n) is 8.80. The van der Waals surface area contributed by atoms with Gasteiger partial charge in [0.15, 0.2) is 0 Å². The molecule has 2 aliphatic carbocycles. The highest BCUT2D eigenvalue weighted by Crippen LogP contribution is 2.56. The Kier molecular flexibility index (Phi) is 12.2. The molecule has 2 aromatic carbocycles. The van der Waals surface area contributed by atoms with Gasteiger partial charge in [-0.3, -0.25) is 0 Å². The molecular weight excluding hydrogens is 624 g/mol. The van der Waals surface area contributed by atoms with Crippen molar-refractivity contribution in [3.8, 4) is 23.0 Å². The van der Waals surface area contributed by atoms with Gasteiger partial charge in [-0.25, -0.2) is 9.59 Å². The minimum Gasteiger partial charge on any atom is -0.507 e. The molecule has 5 atom stereocenters. The number of carbonyl (C=O) groups excluding carboxylic acids is 2. The van der Waals surface area contributed by atoms with Gasteiger partial charge in [-0.05, 0) is 132 Å². The van der Waals surface area contributed by atoms with Crippen LogP contribution in [0.2, 0.25) is 0 Å². The maximum atomic E-state index is 13.8. The predicted octanol–water partition coefficient (Wildman–Crippen LogP) is 11.1. The van der Waals surface area contributed by atoms with Crippen molar-refractivity contribution in [2.24, 2.45) is 17.8 Å². The van der Waals surface area contributed by atoms with E-state index in [4.69, 9.17) is 14.2 Å². The van der Waals surface area contributed by atoms with Crippen LogP contribution in [0.25, 0.3) is 0 Å². The highest BCUT2D eigenvalue weighted by Gasteiger charge is 2.47. The van der Waals surface area contributed by atoms with Crippen LogP contribution >= 0.6 is 0 Å². The van der Waals surface area contributed by atoms with Gasteiger partial charge >= 0.3 is 11.9 Å². The van der Waals surface area contributed by atoms with Crippen molar-refractivity contribution in [1.29, 1.82) is 0 Å². The average Bonchev–Trinajstić information content (AvgIpc) is 3.04. The zero-order valence-corrected chi connectivity index (χ0v) is 31.7. The zero-order valence-electron chi connectivity index (χ0n) is 31.7. The first-order valence-corrected chi connectivity index (χ1v) is 19.3. The number of hydrogen-bond donors (Lipinski definition) is 1. The second kappa shape index (κ2) is 16.2. The van der Waals surface area contributed by atoms with Gasteiger partial charge in [0.1, 0.15) is 28.6 Å². The minimum atomic E-state index is -1.10. The van der Waals surface area contributed by atoms with E-state index in [0.29, 0.717) is 17.2 Å². The van der Waals surface area contributed by atoms with Crippen molar-refractivity contribution in [1.82, 2.24) is 0 Å². The first-order chi connectivity index (χ1) is 23.8. The number of unbranched alkanes of at least 4 members (excludes halogenated alkanes) is 4. The molecule has 6 nitrogen and oxygen atoms in total. The number of aromatic hydroxyl groups is 1. The molecule has 0 spiro atoms. The van der Waals surface area contributed by atoms with Crippen LogP contribution in [0.3, 0.4) is 0 Å². The molecule has 1 aliphatic heterocycles. The van der Waals surface area contributed by atoms with Gasteiger partial charge < -0.3 is 19.3 Å². The first-order valence-electron chi connectivity index (χ1n) is 19.3. The van der Waals surface area contributed by atoms with Gasteiger partial charge in [0.2, 0.25) is 0 Å². The lowest BCUT2D eigenvalue weighted by Crippen LogP contribution is -2.47. The molecule has 6 heteroatoms. The number of allylic oxidation sites excluding steroid dienone is 3. The number of carbonyl (C=O) groups is 2. The summed E-state index contributed by atoms with van der Waals surface area (Å²) >= 11 is 0. The standard InChI is InChI=1S/C44H60O6/c1-9-11-13-15-30-23-36(45)40(33-21-28(5)17-19-32(33)27(3)4)37(24-30)48-42(46)43(47)49-38-25-31(16-14-12-10-2)26-39-41(38)34-22-29(6)18-20-35(34)44(7,8)50-39/h21,23-26,29,32-35,45H,3,9-20,22H2,1-2,4-8H3/t29-,32+,33-,34-,35-/m1/s1. The fourth-order valence-corrected chi connectivity index (χ4v) is 8.80. The number of esters is 2. The number of hydrogen-bond acceptors (Lipinski definition) is 6. The topological polar surface area (TPSA) is 82.1 Å². The number of benzene rings is 2. The van der Waals surface area contributed by atoms with Gasteiger partial charge in [0.25, 0.3) is 0 Å². The van der Waals surface area contributed by atoms with E-state index in [2.05, 4.69) is 60.3 Å². The Morgan fingerprint density at radius 2 is 1.50 bits per heavy atom. The summed E-state index contributed by atoms with van der Waals surface area (Å²) in [5.74, 6) is 0.0673. The maximum Gasteiger partial charge on any atom is 0.423 e. The van der Waals surface area contributed by atoms with Gasteiger partial charge in [-0.15, -0.1) is 0 Å². The van der Waals surface area contributed by atoms with E-state index in [-0.39, 0.29) is 40.8 Å². The molecule has 5 rings (SSSR count). The molecule has 0 amide bonds. The Bertz CT molecular complexity index is 1600. The van der Waals surface area contributed by atoms with Crippen molar-refractivity contribution in [3.63, 3.8) is 0 Å². The predicted molar refractivity (Wildman–Crippen MR) is 200 cm³/mol. The van der Waals surface area contributed by atoms with Crippen LogP contribution < -0.4 is 14.2 Å². The van der Waals surface area contributed by atoms with E-state index in [1.165, 1.54) is 5.57 Å². The van der Waals surface area contributed by atoms with Crippen LogP contribution in [0.15, 0.2) is 48.1 Å². The van der Waals surface area contributed by atoms with E-state index in [0.717, 1.165) is 111 Å². The summed E-state index contributed by atoms with van der Waals surface area (Å²) < 4.78 is 18.7. The van der Waals surface area contributed by atoms with E-state index < -0.39 is 11.9 Å². The summed E-state index contributed by atoms with van der Waals surface area (Å²) in [6.07, 6.45) is 14.9. The van der Waals surface area contributed by atoms with Crippen molar-refractivity contribution >= 4 is 11.9 Å². The Morgan fingerprint density at radius 3 is 2.10 bits per heavy atom. The Morgan fingerprint density at radius 1 is 0.900 bits per heavy atom. The van der Waals surface area contributed by atoms with Gasteiger partial charge in [0, 0.05) is 23.0 Å². The van der Waals surface area contributed by atoms with Crippen molar-refractivity contribution in [3.05, 3.63) is 70.3 Å². The molecule has 0 saturated heterocycles. The van der Waals surface area contributed by atoms with Crippen LogP contribution in [0.5, 0.6) is 23.0 Å². The molecule has 50 heavy (non-hydrogen) atoms. The maximum absolute atomic E-state index is 13.8. The molecule has 1 N–H and O–H groups in total. The third-order valence-corrected chi connectivity index (χ3v) is 11.5. The molecule has 2 aromatic rings. The van der Waals surface area contributed by atoms with E-state index >= 15 is 0 Å². The molecule has 0 unspecified atom stereocenters. The van der Waals surface area contributed by atoms with Gasteiger partial charge in [0.05, 0.1) is 0 Å². The lowest BCUT2D eigenvalue weighted by molar-refractivity contribution is -0.156. The molecule has 272 valence electrons. The number of rotatable bonds is 12. The van der Waals surface area contributed by atoms with E-state index in [9.17, 15) is 14.7 Å². The van der Waals surface area contributed by atoms with Crippen molar-refractivity contribution < 1.29 is 28.9 Å². The SMILES string of the molecule is C=C(C)[C@@H]1CCC(C)=C[C@H]1c1c(O)cc(CCCCC)cc1OC(=O)C(=O)Oc1cc(CCCCC)cc2c1[C@@H]1C[C@H](C)CC[C@H]1C(C)(C)O2. The molecular formula is C44H60O6. The first kappa shape index (κ1) is 37.7. The molecule has 3 aliphatic rings. The molecule has 1 heterocycles. The van der Waals surface area contributed by atoms with Crippen molar-refractivity contribution in [2.75, 3.05) is 0 Å². The van der Waals surface area contributed by atoms with E-state index in [1.54, 1.807) is 6.07 Å². The lowest BCUT2D eigenvalue weighted by atomic mass is 9.64. The van der Waals surface area contributed by atoms with Gasteiger partial charge in [-0.1, -0.05) is 76.7 Å². The smallest absolute Gasteiger partial charge is 0.423 e. The quantitative estimate of drug-likeness (QED) is 0.0788. The molecule has 0 bridgehead atoms. The Hall–Kier alpha value is -3.54.